The molecular formula is C21H29N3O2. The lowest BCUT2D eigenvalue weighted by atomic mass is 10.1. The lowest BCUT2D eigenvalue weighted by Gasteiger charge is -2.22. The van der Waals surface area contributed by atoms with Crippen molar-refractivity contribution >= 4 is 23.0 Å². The van der Waals surface area contributed by atoms with Gasteiger partial charge in [-0.25, -0.2) is 0 Å². The lowest BCUT2D eigenvalue weighted by Crippen LogP contribution is -2.22. The first-order valence-electron chi connectivity index (χ1n) is 9.11. The molecule has 0 atom stereocenters. The van der Waals surface area contributed by atoms with Gasteiger partial charge in [-0.2, -0.15) is 0 Å². The molecule has 1 amide bonds. The minimum absolute atomic E-state index is 0.00825. The quantitative estimate of drug-likeness (QED) is 0.704. The number of amides is 1. The molecule has 2 aromatic rings. The number of aryl methyl sites for hydroxylation is 1. The molecule has 5 nitrogen and oxygen atoms in total. The highest BCUT2D eigenvalue weighted by Crippen LogP contribution is 2.24. The van der Waals surface area contributed by atoms with Crippen LogP contribution in [0.5, 0.6) is 5.75 Å². The summed E-state index contributed by atoms with van der Waals surface area (Å²) in [6.45, 7) is 8.79. The van der Waals surface area contributed by atoms with Crippen molar-refractivity contribution < 1.29 is 9.53 Å². The fraction of sp³-hybridized carbons (Fsp3) is 0.381. The summed E-state index contributed by atoms with van der Waals surface area (Å²) >= 11 is 0. The fourth-order valence-electron chi connectivity index (χ4n) is 2.89. The molecule has 0 saturated carbocycles. The summed E-state index contributed by atoms with van der Waals surface area (Å²) in [5, 5.41) is 6.24. The zero-order chi connectivity index (χ0) is 18.9. The maximum Gasteiger partial charge on any atom is 0.226 e. The molecular weight excluding hydrogens is 326 g/mol. The van der Waals surface area contributed by atoms with E-state index in [4.69, 9.17) is 4.74 Å². The summed E-state index contributed by atoms with van der Waals surface area (Å²) in [6.07, 6.45) is 0.384. The predicted molar refractivity (Wildman–Crippen MR) is 109 cm³/mol. The number of benzene rings is 2. The molecule has 2 rings (SSSR count). The Bertz CT molecular complexity index is 727. The van der Waals surface area contributed by atoms with Gasteiger partial charge < -0.3 is 20.3 Å². The minimum atomic E-state index is -0.00825. The second-order valence-corrected chi connectivity index (χ2v) is 6.10. The molecule has 5 heteroatoms. The summed E-state index contributed by atoms with van der Waals surface area (Å²) in [5.41, 5.74) is 4.01. The highest BCUT2D eigenvalue weighted by Gasteiger charge is 2.08. The number of hydrogen-bond acceptors (Lipinski definition) is 4. The van der Waals surface area contributed by atoms with Gasteiger partial charge in [-0.1, -0.05) is 12.1 Å². The second kappa shape index (κ2) is 9.70. The summed E-state index contributed by atoms with van der Waals surface area (Å²) in [7, 11) is 1.64. The van der Waals surface area contributed by atoms with Crippen molar-refractivity contribution in [2.24, 2.45) is 0 Å². The van der Waals surface area contributed by atoms with Crippen molar-refractivity contribution in [3.63, 3.8) is 0 Å². The molecule has 26 heavy (non-hydrogen) atoms. The van der Waals surface area contributed by atoms with E-state index >= 15 is 0 Å². The van der Waals surface area contributed by atoms with E-state index in [0.29, 0.717) is 13.0 Å². The van der Waals surface area contributed by atoms with E-state index in [1.807, 2.05) is 37.3 Å². The first-order chi connectivity index (χ1) is 12.6. The zero-order valence-electron chi connectivity index (χ0n) is 16.1. The average Bonchev–Trinajstić information content (AvgIpc) is 2.65. The van der Waals surface area contributed by atoms with Crippen molar-refractivity contribution in [1.29, 1.82) is 0 Å². The minimum Gasteiger partial charge on any atom is -0.495 e. The smallest absolute Gasteiger partial charge is 0.226 e. The van der Waals surface area contributed by atoms with E-state index < -0.39 is 0 Å². The molecule has 0 aromatic heterocycles. The van der Waals surface area contributed by atoms with Gasteiger partial charge in [0.15, 0.2) is 0 Å². The maximum atomic E-state index is 12.2. The number of rotatable bonds is 9. The third-order valence-electron chi connectivity index (χ3n) is 4.39. The molecule has 0 aliphatic carbocycles. The van der Waals surface area contributed by atoms with Crippen molar-refractivity contribution in [3.05, 3.63) is 48.0 Å². The van der Waals surface area contributed by atoms with Gasteiger partial charge in [0, 0.05) is 37.4 Å². The number of carbonyl (C=O) groups excluding carboxylic acids is 1. The molecule has 0 unspecified atom stereocenters. The summed E-state index contributed by atoms with van der Waals surface area (Å²) in [6, 6.07) is 13.8. The van der Waals surface area contributed by atoms with Gasteiger partial charge >= 0.3 is 0 Å². The number of nitrogens with zero attached hydrogens (tertiary/aromatic N) is 1. The molecule has 0 bridgehead atoms. The highest BCUT2D eigenvalue weighted by molar-refractivity contribution is 5.92. The van der Waals surface area contributed by atoms with Crippen LogP contribution in [0.3, 0.4) is 0 Å². The van der Waals surface area contributed by atoms with Crippen molar-refractivity contribution in [2.45, 2.75) is 27.2 Å². The van der Waals surface area contributed by atoms with Crippen LogP contribution in [-0.4, -0.2) is 32.7 Å². The lowest BCUT2D eigenvalue weighted by molar-refractivity contribution is -0.115. The van der Waals surface area contributed by atoms with Gasteiger partial charge in [0.2, 0.25) is 5.91 Å². The molecule has 0 saturated heterocycles. The molecule has 0 fully saturated rings. The summed E-state index contributed by atoms with van der Waals surface area (Å²) in [4.78, 5) is 14.5. The van der Waals surface area contributed by atoms with E-state index in [0.717, 1.165) is 35.8 Å². The number of hydrogen-bond donors (Lipinski definition) is 2. The Morgan fingerprint density at radius 3 is 2.46 bits per heavy atom. The number of nitrogens with one attached hydrogen (secondary N) is 2. The van der Waals surface area contributed by atoms with Crippen LogP contribution in [0.4, 0.5) is 17.1 Å². The number of carbonyl (C=O) groups is 1. The molecule has 0 aliphatic rings. The van der Waals surface area contributed by atoms with Crippen LogP contribution in [-0.2, 0) is 4.79 Å². The molecule has 0 heterocycles. The molecule has 2 aromatic carbocycles. The highest BCUT2D eigenvalue weighted by atomic mass is 16.5. The van der Waals surface area contributed by atoms with E-state index in [-0.39, 0.29) is 5.91 Å². The van der Waals surface area contributed by atoms with E-state index in [9.17, 15) is 4.79 Å². The third-order valence-corrected chi connectivity index (χ3v) is 4.39. The molecule has 2 N–H and O–H groups in total. The van der Waals surface area contributed by atoms with Crippen LogP contribution in [0.1, 0.15) is 25.8 Å². The Kier molecular flexibility index (Phi) is 7.33. The van der Waals surface area contributed by atoms with E-state index in [1.54, 1.807) is 7.11 Å². The number of ether oxygens (including phenoxy) is 1. The third kappa shape index (κ3) is 5.15. The zero-order valence-corrected chi connectivity index (χ0v) is 16.1. The Labute approximate surface area is 156 Å². The van der Waals surface area contributed by atoms with E-state index in [1.165, 1.54) is 5.69 Å². The Morgan fingerprint density at radius 1 is 1.08 bits per heavy atom. The van der Waals surface area contributed by atoms with Gasteiger partial charge in [0.1, 0.15) is 5.75 Å². The first kappa shape index (κ1) is 19.6. The summed E-state index contributed by atoms with van der Waals surface area (Å²) in [5.74, 6) is 0.766. The maximum absolute atomic E-state index is 12.2. The van der Waals surface area contributed by atoms with E-state index in [2.05, 4.69) is 41.5 Å². The second-order valence-electron chi connectivity index (χ2n) is 6.10. The Hall–Kier alpha value is -2.69. The van der Waals surface area contributed by atoms with Crippen molar-refractivity contribution in [3.8, 4) is 5.75 Å². The van der Waals surface area contributed by atoms with Gasteiger partial charge in [0.25, 0.3) is 0 Å². The van der Waals surface area contributed by atoms with Gasteiger partial charge in [-0.05, 0) is 56.7 Å². The standard InChI is InChI=1S/C21H29N3O2/c1-5-24(6-2)17-11-12-18(16(3)15-17)23-21(25)13-14-22-19-9-7-8-10-20(19)26-4/h7-12,15,22H,5-6,13-14H2,1-4H3,(H,23,25). The van der Waals surface area contributed by atoms with Crippen LogP contribution >= 0.6 is 0 Å². The van der Waals surface area contributed by atoms with Gasteiger partial charge in [-0.15, -0.1) is 0 Å². The van der Waals surface area contributed by atoms with Crippen LogP contribution in [0.2, 0.25) is 0 Å². The Balaban J connectivity index is 1.89. The molecule has 140 valence electrons. The first-order valence-corrected chi connectivity index (χ1v) is 9.11. The summed E-state index contributed by atoms with van der Waals surface area (Å²) < 4.78 is 5.30. The number of anilines is 3. The normalized spacial score (nSPS) is 10.3. The van der Waals surface area contributed by atoms with Crippen molar-refractivity contribution in [2.75, 3.05) is 42.3 Å². The fourth-order valence-corrected chi connectivity index (χ4v) is 2.89. The number of para-hydroxylation sites is 2. The monoisotopic (exact) mass is 355 g/mol. The SMILES string of the molecule is CCN(CC)c1ccc(NC(=O)CCNc2ccccc2OC)c(C)c1. The largest absolute Gasteiger partial charge is 0.495 e. The Morgan fingerprint density at radius 2 is 1.81 bits per heavy atom. The van der Waals surface area contributed by atoms with Crippen LogP contribution < -0.4 is 20.3 Å². The van der Waals surface area contributed by atoms with Gasteiger partial charge in [0.05, 0.1) is 12.8 Å². The molecule has 0 spiro atoms. The molecule has 0 aliphatic heterocycles. The van der Waals surface area contributed by atoms with Crippen LogP contribution in [0.15, 0.2) is 42.5 Å². The number of methoxy groups -OCH3 is 1. The topological polar surface area (TPSA) is 53.6 Å². The van der Waals surface area contributed by atoms with Crippen LogP contribution in [0, 0.1) is 6.92 Å². The molecule has 0 radical (unpaired) electrons. The van der Waals surface area contributed by atoms with Gasteiger partial charge in [-0.3, -0.25) is 4.79 Å². The predicted octanol–water partition coefficient (Wildman–Crippen LogP) is 4.29. The van der Waals surface area contributed by atoms with Crippen molar-refractivity contribution in [1.82, 2.24) is 0 Å². The average molecular weight is 355 g/mol. The van der Waals surface area contributed by atoms with Crippen LogP contribution in [0.25, 0.3) is 0 Å².